The Kier molecular flexibility index (Phi) is 4.53. The number of carbonyl (C=O) groups is 1. The first-order valence-corrected chi connectivity index (χ1v) is 5.41. The van der Waals surface area contributed by atoms with Crippen LogP contribution >= 0.6 is 0 Å². The van der Waals surface area contributed by atoms with Gasteiger partial charge in [-0.05, 0) is 12.0 Å². The maximum atomic E-state index is 11.7. The fourth-order valence-corrected chi connectivity index (χ4v) is 1.55. The molecular weight excluding hydrogens is 200 g/mol. The van der Waals surface area contributed by atoms with E-state index in [1.54, 1.807) is 7.05 Å². The molecule has 0 bridgehead atoms. The van der Waals surface area contributed by atoms with Crippen LogP contribution in [0.5, 0.6) is 0 Å². The second-order valence-corrected chi connectivity index (χ2v) is 3.70. The molecule has 0 spiro atoms. The largest absolute Gasteiger partial charge is 0.326 e. The highest BCUT2D eigenvalue weighted by atomic mass is 16.2. The van der Waals surface area contributed by atoms with E-state index in [1.807, 2.05) is 37.3 Å². The van der Waals surface area contributed by atoms with Gasteiger partial charge in [-0.15, -0.1) is 0 Å². The van der Waals surface area contributed by atoms with Crippen molar-refractivity contribution in [3.63, 3.8) is 0 Å². The highest BCUT2D eigenvalue weighted by molar-refractivity contribution is 5.76. The molecule has 1 aromatic carbocycles. The lowest BCUT2D eigenvalue weighted by Gasteiger charge is -2.22. The predicted octanol–water partition coefficient (Wildman–Crippen LogP) is 2.51. The molecule has 84 valence electrons. The lowest BCUT2D eigenvalue weighted by Crippen LogP contribution is -2.30. The number of nitriles is 1. The van der Waals surface area contributed by atoms with Gasteiger partial charge < -0.3 is 4.90 Å². The van der Waals surface area contributed by atoms with E-state index in [4.69, 9.17) is 5.26 Å². The van der Waals surface area contributed by atoms with Crippen LogP contribution < -0.4 is 0 Å². The van der Waals surface area contributed by atoms with Crippen molar-refractivity contribution in [2.45, 2.75) is 25.8 Å². The molecule has 1 amide bonds. The summed E-state index contributed by atoms with van der Waals surface area (Å²) in [4.78, 5) is 13.2. The van der Waals surface area contributed by atoms with Crippen LogP contribution in [0.15, 0.2) is 30.3 Å². The molecule has 0 aliphatic carbocycles. The van der Waals surface area contributed by atoms with Gasteiger partial charge >= 0.3 is 0 Å². The minimum absolute atomic E-state index is 0.0119. The molecule has 0 heterocycles. The molecule has 1 aromatic rings. The molecule has 0 saturated heterocycles. The van der Waals surface area contributed by atoms with Gasteiger partial charge in [-0.1, -0.05) is 37.3 Å². The van der Waals surface area contributed by atoms with Crippen LogP contribution in [0, 0.1) is 11.3 Å². The molecule has 1 atom stereocenters. The van der Waals surface area contributed by atoms with Crippen molar-refractivity contribution < 1.29 is 4.79 Å². The summed E-state index contributed by atoms with van der Waals surface area (Å²) in [6.07, 6.45) is 1.29. The quantitative estimate of drug-likeness (QED) is 0.776. The summed E-state index contributed by atoms with van der Waals surface area (Å²) in [7, 11) is 1.68. The summed E-state index contributed by atoms with van der Waals surface area (Å²) in [6, 6.07) is 11.0. The zero-order valence-electron chi connectivity index (χ0n) is 9.68. The van der Waals surface area contributed by atoms with Gasteiger partial charge in [0.2, 0.25) is 5.91 Å². The summed E-state index contributed by atoms with van der Waals surface area (Å²) >= 11 is 0. The van der Waals surface area contributed by atoms with E-state index in [0.29, 0.717) is 6.42 Å². The second-order valence-electron chi connectivity index (χ2n) is 3.70. The van der Waals surface area contributed by atoms with Crippen LogP contribution in [-0.2, 0) is 4.79 Å². The molecule has 16 heavy (non-hydrogen) atoms. The molecule has 0 fully saturated rings. The summed E-state index contributed by atoms with van der Waals surface area (Å²) < 4.78 is 0. The number of hydrogen-bond acceptors (Lipinski definition) is 2. The fourth-order valence-electron chi connectivity index (χ4n) is 1.55. The van der Waals surface area contributed by atoms with Gasteiger partial charge in [0.15, 0.2) is 0 Å². The number of benzene rings is 1. The molecule has 0 saturated carbocycles. The Balaban J connectivity index is 2.84. The predicted molar refractivity (Wildman–Crippen MR) is 62.5 cm³/mol. The Morgan fingerprint density at radius 1 is 1.44 bits per heavy atom. The van der Waals surface area contributed by atoms with Gasteiger partial charge in [0.25, 0.3) is 0 Å². The Morgan fingerprint density at radius 3 is 2.56 bits per heavy atom. The number of hydrogen-bond donors (Lipinski definition) is 0. The average Bonchev–Trinajstić information content (AvgIpc) is 2.31. The van der Waals surface area contributed by atoms with Crippen molar-refractivity contribution in [3.8, 4) is 6.07 Å². The summed E-state index contributed by atoms with van der Waals surface area (Å²) in [6.45, 7) is 1.95. The van der Waals surface area contributed by atoms with Crippen molar-refractivity contribution >= 4 is 5.91 Å². The van der Waals surface area contributed by atoms with Gasteiger partial charge in [0, 0.05) is 13.5 Å². The molecular formula is C13H16N2O. The van der Waals surface area contributed by atoms with Gasteiger partial charge in [0.1, 0.15) is 6.04 Å². The Bertz CT molecular complexity index is 381. The molecule has 3 nitrogen and oxygen atoms in total. The van der Waals surface area contributed by atoms with Gasteiger partial charge in [0.05, 0.1) is 6.07 Å². The first kappa shape index (κ1) is 12.3. The zero-order valence-corrected chi connectivity index (χ0v) is 9.68. The molecule has 0 aliphatic rings. The van der Waals surface area contributed by atoms with Crippen LogP contribution in [0.3, 0.4) is 0 Å². The Morgan fingerprint density at radius 2 is 2.06 bits per heavy atom. The number of nitrogens with zero attached hydrogens (tertiary/aromatic N) is 2. The smallest absolute Gasteiger partial charge is 0.223 e. The lowest BCUT2D eigenvalue weighted by atomic mass is 10.1. The number of carbonyl (C=O) groups excluding carboxylic acids is 1. The number of rotatable bonds is 4. The van der Waals surface area contributed by atoms with Crippen molar-refractivity contribution in [2.24, 2.45) is 0 Å². The molecule has 0 radical (unpaired) electrons. The van der Waals surface area contributed by atoms with E-state index in [0.717, 1.165) is 12.0 Å². The van der Waals surface area contributed by atoms with Crippen LogP contribution in [0.25, 0.3) is 0 Å². The molecule has 1 rings (SSSR count). The third-order valence-electron chi connectivity index (χ3n) is 2.48. The van der Waals surface area contributed by atoms with Gasteiger partial charge in [-0.25, -0.2) is 0 Å². The monoisotopic (exact) mass is 216 g/mol. The van der Waals surface area contributed by atoms with E-state index in [2.05, 4.69) is 6.07 Å². The average molecular weight is 216 g/mol. The van der Waals surface area contributed by atoms with E-state index < -0.39 is 6.04 Å². The molecule has 0 N–H and O–H groups in total. The molecule has 0 aliphatic heterocycles. The summed E-state index contributed by atoms with van der Waals surface area (Å²) in [5.41, 5.74) is 0.858. The lowest BCUT2D eigenvalue weighted by molar-refractivity contribution is -0.131. The minimum Gasteiger partial charge on any atom is -0.326 e. The van der Waals surface area contributed by atoms with Crippen LogP contribution in [-0.4, -0.2) is 17.9 Å². The molecule has 0 aromatic heterocycles. The van der Waals surface area contributed by atoms with E-state index in [-0.39, 0.29) is 5.91 Å². The van der Waals surface area contributed by atoms with Crippen LogP contribution in [0.4, 0.5) is 0 Å². The highest BCUT2D eigenvalue weighted by Crippen LogP contribution is 2.18. The molecule has 3 heteroatoms. The standard InChI is InChI=1S/C13H16N2O/c1-3-7-13(16)15(2)12(10-14)11-8-5-4-6-9-11/h4-6,8-9,12H,3,7H2,1-2H3. The first-order chi connectivity index (χ1) is 7.70. The highest BCUT2D eigenvalue weighted by Gasteiger charge is 2.19. The van der Waals surface area contributed by atoms with Crippen LogP contribution in [0.1, 0.15) is 31.4 Å². The molecule has 1 unspecified atom stereocenters. The Labute approximate surface area is 96.3 Å². The minimum atomic E-state index is -0.486. The van der Waals surface area contributed by atoms with Crippen molar-refractivity contribution in [1.29, 1.82) is 5.26 Å². The zero-order chi connectivity index (χ0) is 12.0. The maximum absolute atomic E-state index is 11.7. The summed E-state index contributed by atoms with van der Waals surface area (Å²) in [5.74, 6) is 0.0119. The first-order valence-electron chi connectivity index (χ1n) is 5.41. The van der Waals surface area contributed by atoms with E-state index in [9.17, 15) is 4.79 Å². The SMILES string of the molecule is CCCC(=O)N(C)C(C#N)c1ccccc1. The van der Waals surface area contributed by atoms with Gasteiger partial charge in [-0.2, -0.15) is 5.26 Å². The van der Waals surface area contributed by atoms with E-state index >= 15 is 0 Å². The van der Waals surface area contributed by atoms with Crippen molar-refractivity contribution in [3.05, 3.63) is 35.9 Å². The third-order valence-corrected chi connectivity index (χ3v) is 2.48. The Hall–Kier alpha value is -1.82. The summed E-state index contributed by atoms with van der Waals surface area (Å²) in [5, 5.41) is 9.12. The van der Waals surface area contributed by atoms with Crippen molar-refractivity contribution in [1.82, 2.24) is 4.90 Å². The fraction of sp³-hybridized carbons (Fsp3) is 0.385. The topological polar surface area (TPSA) is 44.1 Å². The normalized spacial score (nSPS) is 11.6. The second kappa shape index (κ2) is 5.92. The number of amides is 1. The van der Waals surface area contributed by atoms with Crippen LogP contribution in [0.2, 0.25) is 0 Å². The van der Waals surface area contributed by atoms with Gasteiger partial charge in [-0.3, -0.25) is 4.79 Å². The van der Waals surface area contributed by atoms with Crippen molar-refractivity contribution in [2.75, 3.05) is 7.05 Å². The maximum Gasteiger partial charge on any atom is 0.223 e. The van der Waals surface area contributed by atoms with E-state index in [1.165, 1.54) is 4.90 Å². The third kappa shape index (κ3) is 2.83.